The zero-order valence-corrected chi connectivity index (χ0v) is 11.6. The molecule has 0 spiro atoms. The van der Waals surface area contributed by atoms with Crippen LogP contribution in [0.2, 0.25) is 0 Å². The van der Waals surface area contributed by atoms with Crippen molar-refractivity contribution in [2.45, 2.75) is 64.3 Å². The first-order chi connectivity index (χ1) is 7.83. The maximum Gasteiger partial charge on any atom is 0.0412 e. The number of hydrogen-bond donors (Lipinski definition) is 1. The molecule has 0 bridgehead atoms. The summed E-state index contributed by atoms with van der Waals surface area (Å²) in [7, 11) is 0. The fourth-order valence-electron chi connectivity index (χ4n) is 2.96. The van der Waals surface area contributed by atoms with Crippen molar-refractivity contribution in [1.82, 2.24) is 0 Å². The Morgan fingerprint density at radius 2 is 1.71 bits per heavy atom. The molecular formula is C16H25N. The van der Waals surface area contributed by atoms with Crippen molar-refractivity contribution < 1.29 is 0 Å². The molecule has 2 N–H and O–H groups in total. The average molecular weight is 231 g/mol. The van der Waals surface area contributed by atoms with E-state index in [1.54, 1.807) is 0 Å². The molecule has 0 amide bonds. The van der Waals surface area contributed by atoms with Crippen molar-refractivity contribution in [2.75, 3.05) is 0 Å². The molecule has 1 aliphatic carbocycles. The Morgan fingerprint density at radius 1 is 1.12 bits per heavy atom. The van der Waals surface area contributed by atoms with E-state index in [2.05, 4.69) is 45.9 Å². The summed E-state index contributed by atoms with van der Waals surface area (Å²) in [4.78, 5) is 0. The number of rotatable bonds is 1. The molecule has 0 heterocycles. The maximum absolute atomic E-state index is 6.54. The fourth-order valence-corrected chi connectivity index (χ4v) is 2.96. The van der Waals surface area contributed by atoms with Gasteiger partial charge in [0.05, 0.1) is 0 Å². The number of benzene rings is 1. The lowest BCUT2D eigenvalue weighted by molar-refractivity contribution is 0.458. The quantitative estimate of drug-likeness (QED) is 0.776. The normalized spacial score (nSPS) is 19.6. The van der Waals surface area contributed by atoms with Gasteiger partial charge in [-0.15, -0.1) is 0 Å². The van der Waals surface area contributed by atoms with Crippen LogP contribution in [0, 0.1) is 6.92 Å². The molecule has 0 aromatic heterocycles. The van der Waals surface area contributed by atoms with Crippen molar-refractivity contribution in [3.63, 3.8) is 0 Å². The van der Waals surface area contributed by atoms with E-state index in [-0.39, 0.29) is 11.0 Å². The summed E-state index contributed by atoms with van der Waals surface area (Å²) in [6.07, 6.45) is 4.83. The Hall–Kier alpha value is -0.820. The number of aryl methyl sites for hydroxylation is 1. The molecule has 1 heteroatoms. The molecule has 1 aromatic carbocycles. The average Bonchev–Trinajstić information content (AvgIpc) is 2.64. The third kappa shape index (κ3) is 2.40. The van der Waals surface area contributed by atoms with Gasteiger partial charge < -0.3 is 5.73 Å². The van der Waals surface area contributed by atoms with E-state index >= 15 is 0 Å². The third-order valence-electron chi connectivity index (χ3n) is 4.12. The topological polar surface area (TPSA) is 26.0 Å². The van der Waals surface area contributed by atoms with E-state index in [9.17, 15) is 0 Å². The highest BCUT2D eigenvalue weighted by molar-refractivity contribution is 5.39. The molecule has 1 aliphatic rings. The fraction of sp³-hybridized carbons (Fsp3) is 0.625. The van der Waals surface area contributed by atoms with Crippen molar-refractivity contribution in [1.29, 1.82) is 0 Å². The third-order valence-corrected chi connectivity index (χ3v) is 4.12. The molecule has 17 heavy (non-hydrogen) atoms. The molecule has 1 saturated carbocycles. The first kappa shape index (κ1) is 12.6. The minimum Gasteiger partial charge on any atom is -0.321 e. The first-order valence-corrected chi connectivity index (χ1v) is 6.73. The summed E-state index contributed by atoms with van der Waals surface area (Å²) < 4.78 is 0. The monoisotopic (exact) mass is 231 g/mol. The number of hydrogen-bond acceptors (Lipinski definition) is 1. The summed E-state index contributed by atoms with van der Waals surface area (Å²) in [5, 5.41) is 0. The van der Waals surface area contributed by atoms with E-state index in [4.69, 9.17) is 5.73 Å². The van der Waals surface area contributed by atoms with Crippen LogP contribution >= 0.6 is 0 Å². The Bertz CT molecular complexity index is 406. The van der Waals surface area contributed by atoms with Gasteiger partial charge in [0.25, 0.3) is 0 Å². The van der Waals surface area contributed by atoms with Crippen LogP contribution in [0.1, 0.15) is 63.1 Å². The van der Waals surface area contributed by atoms with Gasteiger partial charge in [0, 0.05) is 5.54 Å². The largest absolute Gasteiger partial charge is 0.321 e. The van der Waals surface area contributed by atoms with Gasteiger partial charge in [0.15, 0.2) is 0 Å². The van der Waals surface area contributed by atoms with Crippen molar-refractivity contribution in [3.8, 4) is 0 Å². The van der Waals surface area contributed by atoms with Gasteiger partial charge in [-0.3, -0.25) is 0 Å². The molecule has 1 nitrogen and oxygen atoms in total. The molecule has 1 fully saturated rings. The second kappa shape index (κ2) is 4.13. The van der Waals surface area contributed by atoms with Crippen LogP contribution in [-0.2, 0) is 11.0 Å². The second-order valence-electron chi connectivity index (χ2n) is 6.64. The van der Waals surface area contributed by atoms with Crippen LogP contribution in [-0.4, -0.2) is 0 Å². The van der Waals surface area contributed by atoms with Crippen LogP contribution < -0.4 is 5.73 Å². The summed E-state index contributed by atoms with van der Waals surface area (Å²) in [6, 6.07) is 6.85. The highest BCUT2D eigenvalue weighted by Gasteiger charge is 2.32. The Morgan fingerprint density at radius 3 is 2.18 bits per heavy atom. The number of nitrogens with two attached hydrogens (primary N) is 1. The summed E-state index contributed by atoms with van der Waals surface area (Å²) in [5.41, 5.74) is 10.8. The lowest BCUT2D eigenvalue weighted by Gasteiger charge is -2.28. The molecular weight excluding hydrogens is 206 g/mol. The molecule has 0 saturated heterocycles. The van der Waals surface area contributed by atoms with Crippen LogP contribution in [0.25, 0.3) is 0 Å². The summed E-state index contributed by atoms with van der Waals surface area (Å²) >= 11 is 0. The van der Waals surface area contributed by atoms with Gasteiger partial charge in [-0.05, 0) is 41.9 Å². The van der Waals surface area contributed by atoms with E-state index in [1.807, 2.05) is 0 Å². The zero-order valence-electron chi connectivity index (χ0n) is 11.6. The molecule has 0 aliphatic heterocycles. The van der Waals surface area contributed by atoms with E-state index < -0.39 is 0 Å². The SMILES string of the molecule is Cc1cc(C(C)(C)C)ccc1C1(N)CCCC1. The van der Waals surface area contributed by atoms with E-state index in [0.29, 0.717) is 0 Å². The lowest BCUT2D eigenvalue weighted by atomic mass is 9.81. The minimum atomic E-state index is -0.0551. The highest BCUT2D eigenvalue weighted by Crippen LogP contribution is 2.38. The van der Waals surface area contributed by atoms with Gasteiger partial charge in [-0.1, -0.05) is 51.8 Å². The van der Waals surface area contributed by atoms with Gasteiger partial charge >= 0.3 is 0 Å². The first-order valence-electron chi connectivity index (χ1n) is 6.73. The molecule has 0 radical (unpaired) electrons. The highest BCUT2D eigenvalue weighted by atomic mass is 14.8. The van der Waals surface area contributed by atoms with Crippen LogP contribution in [0.3, 0.4) is 0 Å². The van der Waals surface area contributed by atoms with Gasteiger partial charge in [-0.25, -0.2) is 0 Å². The molecule has 2 rings (SSSR count). The van der Waals surface area contributed by atoms with E-state index in [1.165, 1.54) is 29.5 Å². The Labute approximate surface area is 105 Å². The van der Waals surface area contributed by atoms with Crippen molar-refractivity contribution >= 4 is 0 Å². The molecule has 0 unspecified atom stereocenters. The summed E-state index contributed by atoms with van der Waals surface area (Å²) in [6.45, 7) is 8.98. The Balaban J connectivity index is 2.38. The van der Waals surface area contributed by atoms with Crippen LogP contribution in [0.15, 0.2) is 18.2 Å². The predicted molar refractivity (Wildman–Crippen MR) is 74.2 cm³/mol. The molecule has 1 aromatic rings. The Kier molecular flexibility index (Phi) is 3.07. The van der Waals surface area contributed by atoms with Crippen molar-refractivity contribution in [2.24, 2.45) is 5.73 Å². The smallest absolute Gasteiger partial charge is 0.0412 e. The van der Waals surface area contributed by atoms with Crippen LogP contribution in [0.5, 0.6) is 0 Å². The van der Waals surface area contributed by atoms with Gasteiger partial charge in [0.2, 0.25) is 0 Å². The summed E-state index contributed by atoms with van der Waals surface area (Å²) in [5.74, 6) is 0. The molecule has 0 atom stereocenters. The van der Waals surface area contributed by atoms with Gasteiger partial charge in [-0.2, -0.15) is 0 Å². The van der Waals surface area contributed by atoms with Gasteiger partial charge in [0.1, 0.15) is 0 Å². The van der Waals surface area contributed by atoms with Crippen molar-refractivity contribution in [3.05, 3.63) is 34.9 Å². The van der Waals surface area contributed by atoms with Crippen LogP contribution in [0.4, 0.5) is 0 Å². The standard InChI is InChI=1S/C16H25N/c1-12-11-13(15(2,3)4)7-8-14(12)16(17)9-5-6-10-16/h7-8,11H,5-6,9-10,17H2,1-4H3. The lowest BCUT2D eigenvalue weighted by Crippen LogP contribution is -2.34. The molecule has 94 valence electrons. The predicted octanol–water partition coefficient (Wildman–Crippen LogP) is 4.02. The van der Waals surface area contributed by atoms with E-state index in [0.717, 1.165) is 12.8 Å². The zero-order chi connectivity index (χ0) is 12.7. The second-order valence-corrected chi connectivity index (χ2v) is 6.64. The minimum absolute atomic E-state index is 0.0551. The maximum atomic E-state index is 6.54.